The molecule has 2 N–H and O–H groups in total. The molecule has 0 bridgehead atoms. The van der Waals surface area contributed by atoms with Gasteiger partial charge in [-0.2, -0.15) is 0 Å². The molecule has 0 radical (unpaired) electrons. The van der Waals surface area contributed by atoms with Crippen molar-refractivity contribution in [2.24, 2.45) is 10.9 Å². The van der Waals surface area contributed by atoms with Crippen LogP contribution in [0.3, 0.4) is 0 Å². The fourth-order valence-electron chi connectivity index (χ4n) is 3.11. The van der Waals surface area contributed by atoms with Crippen LogP contribution < -0.4 is 15.4 Å². The minimum atomic E-state index is -0.305. The topological polar surface area (TPSA) is 54.9 Å². The molecule has 1 aliphatic heterocycles. The summed E-state index contributed by atoms with van der Waals surface area (Å²) in [7, 11) is 0. The molecular weight excluding hydrogens is 357 g/mol. The molecule has 3 rings (SSSR count). The van der Waals surface area contributed by atoms with E-state index in [9.17, 15) is 4.39 Å². The Bertz CT molecular complexity index is 701. The smallest absolute Gasteiger partial charge is 0.191 e. The van der Waals surface area contributed by atoms with Crippen LogP contribution in [-0.2, 0) is 4.74 Å². The van der Waals surface area contributed by atoms with Crippen LogP contribution >= 0.6 is 0 Å². The average Bonchev–Trinajstić information content (AvgIpc) is 3.52. The van der Waals surface area contributed by atoms with E-state index in [1.165, 1.54) is 18.4 Å². The first-order valence-electron chi connectivity index (χ1n) is 10.4. The first-order chi connectivity index (χ1) is 13.7. The zero-order valence-corrected chi connectivity index (χ0v) is 17.0. The highest BCUT2D eigenvalue weighted by Crippen LogP contribution is 2.30. The summed E-state index contributed by atoms with van der Waals surface area (Å²) in [6, 6.07) is 5.13. The highest BCUT2D eigenvalue weighted by atomic mass is 19.1. The monoisotopic (exact) mass is 389 g/mol. The Kier molecular flexibility index (Phi) is 7.71. The van der Waals surface area contributed by atoms with E-state index in [0.717, 1.165) is 44.1 Å². The van der Waals surface area contributed by atoms with Crippen molar-refractivity contribution in [3.05, 3.63) is 41.2 Å². The fraction of sp³-hybridized carbons (Fsp3) is 0.591. The third-order valence-corrected chi connectivity index (χ3v) is 5.09. The molecule has 5 nitrogen and oxygen atoms in total. The molecule has 1 atom stereocenters. The van der Waals surface area contributed by atoms with Gasteiger partial charge < -0.3 is 20.1 Å². The Balaban J connectivity index is 1.54. The quantitative estimate of drug-likeness (QED) is 0.381. The Hall–Kier alpha value is -2.08. The van der Waals surface area contributed by atoms with Crippen LogP contribution in [0.15, 0.2) is 34.8 Å². The first-order valence-corrected chi connectivity index (χ1v) is 10.4. The average molecular weight is 390 g/mol. The maximum atomic E-state index is 14.4. The molecule has 0 saturated heterocycles. The third-order valence-electron chi connectivity index (χ3n) is 5.09. The van der Waals surface area contributed by atoms with Crippen molar-refractivity contribution < 1.29 is 13.9 Å². The minimum absolute atomic E-state index is 0.0629. The molecule has 1 unspecified atom stereocenters. The summed E-state index contributed by atoms with van der Waals surface area (Å²) in [4.78, 5) is 4.66. The molecule has 2 aliphatic rings. The second-order valence-corrected chi connectivity index (χ2v) is 7.51. The van der Waals surface area contributed by atoms with Crippen molar-refractivity contribution in [2.45, 2.75) is 45.6 Å². The van der Waals surface area contributed by atoms with Crippen molar-refractivity contribution >= 4 is 5.96 Å². The van der Waals surface area contributed by atoms with Gasteiger partial charge in [0.05, 0.1) is 25.9 Å². The lowest BCUT2D eigenvalue weighted by Gasteiger charge is -2.19. The molecule has 1 saturated carbocycles. The highest BCUT2D eigenvalue weighted by molar-refractivity contribution is 5.80. The number of hydrogen-bond acceptors (Lipinski definition) is 3. The molecule has 154 valence electrons. The van der Waals surface area contributed by atoms with Crippen LogP contribution in [0.2, 0.25) is 0 Å². The van der Waals surface area contributed by atoms with Crippen molar-refractivity contribution in [3.63, 3.8) is 0 Å². The number of nitrogens with zero attached hydrogens (tertiary/aromatic N) is 1. The van der Waals surface area contributed by atoms with Crippen molar-refractivity contribution in [1.29, 1.82) is 0 Å². The molecule has 1 aromatic carbocycles. The largest absolute Gasteiger partial charge is 0.490 e. The van der Waals surface area contributed by atoms with E-state index in [2.05, 4.69) is 21.7 Å². The van der Waals surface area contributed by atoms with Crippen molar-refractivity contribution in [1.82, 2.24) is 10.6 Å². The van der Waals surface area contributed by atoms with E-state index in [-0.39, 0.29) is 11.9 Å². The van der Waals surface area contributed by atoms with Gasteiger partial charge in [-0.25, -0.2) is 4.39 Å². The predicted molar refractivity (Wildman–Crippen MR) is 110 cm³/mol. The molecule has 0 amide bonds. The Labute approximate surface area is 167 Å². The highest BCUT2D eigenvalue weighted by Gasteiger charge is 2.22. The molecule has 1 aliphatic carbocycles. The fourth-order valence-corrected chi connectivity index (χ4v) is 3.11. The van der Waals surface area contributed by atoms with Gasteiger partial charge in [0.2, 0.25) is 0 Å². The molecule has 0 spiro atoms. The van der Waals surface area contributed by atoms with Crippen LogP contribution in [0.25, 0.3) is 0 Å². The normalized spacial score (nSPS) is 18.4. The van der Waals surface area contributed by atoms with E-state index in [4.69, 9.17) is 9.47 Å². The van der Waals surface area contributed by atoms with Crippen LogP contribution in [0, 0.1) is 11.7 Å². The van der Waals surface area contributed by atoms with Crippen LogP contribution in [-0.4, -0.2) is 38.9 Å². The van der Waals surface area contributed by atoms with E-state index in [0.29, 0.717) is 24.9 Å². The van der Waals surface area contributed by atoms with Gasteiger partial charge in [0.15, 0.2) is 17.5 Å². The third kappa shape index (κ3) is 6.51. The zero-order chi connectivity index (χ0) is 19.8. The Morgan fingerprint density at radius 2 is 2.25 bits per heavy atom. The summed E-state index contributed by atoms with van der Waals surface area (Å²) >= 11 is 0. The molecule has 1 fully saturated rings. The van der Waals surface area contributed by atoms with Gasteiger partial charge in [-0.1, -0.05) is 17.7 Å². The van der Waals surface area contributed by atoms with Crippen molar-refractivity contribution in [2.75, 3.05) is 32.9 Å². The maximum absolute atomic E-state index is 14.4. The first kappa shape index (κ1) is 20.6. The van der Waals surface area contributed by atoms with Crippen molar-refractivity contribution in [3.8, 4) is 5.75 Å². The van der Waals surface area contributed by atoms with Gasteiger partial charge in [-0.05, 0) is 63.1 Å². The summed E-state index contributed by atoms with van der Waals surface area (Å²) in [6.45, 7) is 7.66. The summed E-state index contributed by atoms with van der Waals surface area (Å²) in [6.07, 6.45) is 6.47. The minimum Gasteiger partial charge on any atom is -0.490 e. The number of ether oxygens (including phenoxy) is 2. The lowest BCUT2D eigenvalue weighted by Crippen LogP contribution is -2.38. The summed E-state index contributed by atoms with van der Waals surface area (Å²) in [5, 5.41) is 6.63. The van der Waals surface area contributed by atoms with E-state index >= 15 is 0 Å². The SMILES string of the molecule is CCNC(=NCCC1=CCOCC1)NC(C)c1ccc(OCC2CC2)c(F)c1. The van der Waals surface area contributed by atoms with Crippen LogP contribution in [0.4, 0.5) is 4.39 Å². The van der Waals surface area contributed by atoms with Gasteiger partial charge in [-0.3, -0.25) is 4.99 Å². The van der Waals surface area contributed by atoms with Gasteiger partial charge in [0.1, 0.15) is 0 Å². The van der Waals surface area contributed by atoms with Crippen LogP contribution in [0.1, 0.15) is 51.1 Å². The summed E-state index contributed by atoms with van der Waals surface area (Å²) in [5.41, 5.74) is 2.27. The number of rotatable bonds is 9. The summed E-state index contributed by atoms with van der Waals surface area (Å²) in [5.74, 6) is 1.39. The van der Waals surface area contributed by atoms with E-state index in [1.807, 2.05) is 19.9 Å². The Morgan fingerprint density at radius 1 is 1.39 bits per heavy atom. The molecule has 1 aromatic rings. The standard InChI is InChI=1S/C22H32FN3O2/c1-3-24-22(25-11-8-17-9-12-27-13-10-17)26-16(2)19-6-7-21(20(23)14-19)28-15-18-4-5-18/h6-7,9,14,16,18H,3-5,8,10-13,15H2,1-2H3,(H2,24,25,26). The van der Waals surface area contributed by atoms with E-state index in [1.54, 1.807) is 12.1 Å². The number of halogens is 1. The van der Waals surface area contributed by atoms with Crippen LogP contribution in [0.5, 0.6) is 5.75 Å². The molecule has 1 heterocycles. The van der Waals surface area contributed by atoms with Gasteiger partial charge in [0, 0.05) is 13.1 Å². The molecule has 28 heavy (non-hydrogen) atoms. The van der Waals surface area contributed by atoms with E-state index < -0.39 is 0 Å². The number of nitrogens with one attached hydrogen (secondary N) is 2. The second kappa shape index (κ2) is 10.5. The van der Waals surface area contributed by atoms with Gasteiger partial charge in [0.25, 0.3) is 0 Å². The lowest BCUT2D eigenvalue weighted by atomic mass is 10.1. The number of aliphatic imine (C=N–C) groups is 1. The number of benzene rings is 1. The number of guanidine groups is 1. The lowest BCUT2D eigenvalue weighted by molar-refractivity contribution is 0.153. The molecule has 6 heteroatoms. The second-order valence-electron chi connectivity index (χ2n) is 7.51. The maximum Gasteiger partial charge on any atom is 0.191 e. The zero-order valence-electron chi connectivity index (χ0n) is 17.0. The number of hydrogen-bond donors (Lipinski definition) is 2. The van der Waals surface area contributed by atoms with Gasteiger partial charge in [-0.15, -0.1) is 0 Å². The predicted octanol–water partition coefficient (Wildman–Crippen LogP) is 3.97. The molecule has 0 aromatic heterocycles. The Morgan fingerprint density at radius 3 is 2.93 bits per heavy atom. The van der Waals surface area contributed by atoms with Gasteiger partial charge >= 0.3 is 0 Å². The molecular formula is C22H32FN3O2. The summed E-state index contributed by atoms with van der Waals surface area (Å²) < 4.78 is 25.3.